The van der Waals surface area contributed by atoms with E-state index in [9.17, 15) is 4.79 Å². The maximum Gasteiger partial charge on any atom is 0.519 e. The van der Waals surface area contributed by atoms with Crippen LogP contribution >= 0.6 is 22.6 Å². The van der Waals surface area contributed by atoms with Crippen LogP contribution in [0, 0.1) is 0 Å². The van der Waals surface area contributed by atoms with E-state index in [1.54, 1.807) is 0 Å². The molecule has 0 aliphatic carbocycles. The number of alkyl halides is 1. The smallest absolute Gasteiger partial charge is 0.396 e. The second-order valence-corrected chi connectivity index (χ2v) is 2.55. The molecule has 0 fully saturated rings. The summed E-state index contributed by atoms with van der Waals surface area (Å²) < 4.78 is 10.1. The van der Waals surface area contributed by atoms with Crippen molar-refractivity contribution in [2.24, 2.45) is 0 Å². The Labute approximate surface area is 71.5 Å². The van der Waals surface area contributed by atoms with Crippen molar-refractivity contribution in [2.75, 3.05) is 0 Å². The lowest BCUT2D eigenvalue weighted by atomic mass is 10.3. The summed E-state index contributed by atoms with van der Waals surface area (Å²) in [6.07, 6.45) is 0.712. The number of halogens is 1. The molecule has 0 atom stereocenters. The van der Waals surface area contributed by atoms with Gasteiger partial charge < -0.3 is 8.83 Å². The highest BCUT2D eigenvalue weighted by Crippen LogP contribution is 2.10. The van der Waals surface area contributed by atoms with Crippen molar-refractivity contribution in [1.29, 1.82) is 0 Å². The second kappa shape index (κ2) is 3.23. The lowest BCUT2D eigenvalue weighted by Gasteiger charge is -1.86. The van der Waals surface area contributed by atoms with Crippen LogP contribution in [0.1, 0.15) is 18.4 Å². The molecule has 0 bridgehead atoms. The topological polar surface area (TPSA) is 43.4 Å². The molecule has 0 aliphatic heterocycles. The summed E-state index contributed by atoms with van der Waals surface area (Å²) in [5.74, 6) is 0.732. The van der Waals surface area contributed by atoms with E-state index in [1.165, 1.54) is 0 Å². The van der Waals surface area contributed by atoms with Crippen molar-refractivity contribution in [3.05, 3.63) is 22.1 Å². The van der Waals surface area contributed by atoms with Crippen LogP contribution in [0.15, 0.2) is 13.6 Å². The number of hydrogen-bond acceptors (Lipinski definition) is 3. The van der Waals surface area contributed by atoms with Gasteiger partial charge in [-0.1, -0.05) is 29.5 Å². The molecular weight excluding hydrogens is 247 g/mol. The van der Waals surface area contributed by atoms with Gasteiger partial charge in [0.1, 0.15) is 0 Å². The van der Waals surface area contributed by atoms with E-state index < -0.39 is 5.82 Å². The van der Waals surface area contributed by atoms with Gasteiger partial charge in [0.2, 0.25) is 0 Å². The van der Waals surface area contributed by atoms with Crippen LogP contribution in [0.5, 0.6) is 0 Å². The molecule has 1 aromatic rings. The van der Waals surface area contributed by atoms with Gasteiger partial charge in [-0.3, -0.25) is 0 Å². The van der Waals surface area contributed by atoms with Crippen molar-refractivity contribution in [1.82, 2.24) is 0 Å². The summed E-state index contributed by atoms with van der Waals surface area (Å²) in [5.41, 5.74) is 0. The predicted octanol–water partition coefficient (Wildman–Crippen LogP) is 1.73. The molecule has 0 N–H and O–H groups in total. The van der Waals surface area contributed by atoms with Gasteiger partial charge in [0.25, 0.3) is 0 Å². The molecule has 1 heterocycles. The van der Waals surface area contributed by atoms with Crippen LogP contribution in [0.3, 0.4) is 0 Å². The van der Waals surface area contributed by atoms with Crippen molar-refractivity contribution in [3.8, 4) is 0 Å². The van der Waals surface area contributed by atoms with E-state index in [0.717, 1.165) is 0 Å². The van der Waals surface area contributed by atoms with Crippen LogP contribution in [0.2, 0.25) is 0 Å². The number of aryl methyl sites for hydroxylation is 1. The summed E-state index contributed by atoms with van der Waals surface area (Å²) in [6.45, 7) is 1.92. The zero-order chi connectivity index (χ0) is 7.56. The summed E-state index contributed by atoms with van der Waals surface area (Å²) in [6, 6.07) is 0. The summed E-state index contributed by atoms with van der Waals surface area (Å²) in [4.78, 5) is 10.5. The SMILES string of the molecule is CCc1oc(=O)oc1CI. The van der Waals surface area contributed by atoms with E-state index in [4.69, 9.17) is 8.83 Å². The first-order valence-corrected chi connectivity index (χ1v) is 4.48. The van der Waals surface area contributed by atoms with Crippen LogP contribution in [0.4, 0.5) is 0 Å². The van der Waals surface area contributed by atoms with Gasteiger partial charge in [-0.25, -0.2) is 4.79 Å². The highest BCUT2D eigenvalue weighted by atomic mass is 127. The van der Waals surface area contributed by atoms with E-state index in [-0.39, 0.29) is 0 Å². The van der Waals surface area contributed by atoms with Gasteiger partial charge in [0.05, 0.1) is 4.43 Å². The molecule has 0 radical (unpaired) electrons. The Morgan fingerprint density at radius 1 is 1.40 bits per heavy atom. The molecule has 0 amide bonds. The predicted molar refractivity (Wildman–Crippen MR) is 44.3 cm³/mol. The Morgan fingerprint density at radius 3 is 2.40 bits per heavy atom. The Balaban J connectivity index is 3.08. The molecule has 0 aromatic carbocycles. The van der Waals surface area contributed by atoms with Gasteiger partial charge in [0, 0.05) is 6.42 Å². The molecule has 0 saturated heterocycles. The Bertz CT molecular complexity index is 236. The van der Waals surface area contributed by atoms with Crippen LogP contribution in [0.25, 0.3) is 0 Å². The first kappa shape index (κ1) is 7.84. The summed E-state index contributed by atoms with van der Waals surface area (Å²) in [5, 5.41) is 0. The number of hydrogen-bond donors (Lipinski definition) is 0. The quantitative estimate of drug-likeness (QED) is 0.596. The first-order chi connectivity index (χ1) is 4.77. The number of rotatable bonds is 2. The van der Waals surface area contributed by atoms with Crippen molar-refractivity contribution in [3.63, 3.8) is 0 Å². The van der Waals surface area contributed by atoms with E-state index >= 15 is 0 Å². The minimum Gasteiger partial charge on any atom is -0.396 e. The van der Waals surface area contributed by atoms with E-state index in [0.29, 0.717) is 22.4 Å². The lowest BCUT2D eigenvalue weighted by molar-refractivity contribution is 0.370. The standard InChI is InChI=1S/C6H7IO3/c1-2-4-5(3-7)10-6(8)9-4/h2-3H2,1H3. The third kappa shape index (κ3) is 1.42. The lowest BCUT2D eigenvalue weighted by Crippen LogP contribution is -1.85. The third-order valence-electron chi connectivity index (χ3n) is 1.17. The largest absolute Gasteiger partial charge is 0.519 e. The van der Waals surface area contributed by atoms with Gasteiger partial charge >= 0.3 is 5.82 Å². The Kier molecular flexibility index (Phi) is 2.53. The minimum absolute atomic E-state index is 0.594. The normalized spacial score (nSPS) is 10.2. The summed E-state index contributed by atoms with van der Waals surface area (Å²) in [7, 11) is 0. The highest BCUT2D eigenvalue weighted by Gasteiger charge is 2.07. The van der Waals surface area contributed by atoms with Crippen LogP contribution in [-0.4, -0.2) is 0 Å². The van der Waals surface area contributed by atoms with Crippen LogP contribution in [-0.2, 0) is 10.8 Å². The Morgan fingerprint density at radius 2 is 2.00 bits per heavy atom. The van der Waals surface area contributed by atoms with E-state index in [1.807, 2.05) is 6.92 Å². The zero-order valence-corrected chi connectivity index (χ0v) is 7.67. The average molecular weight is 254 g/mol. The maximum atomic E-state index is 10.5. The first-order valence-electron chi connectivity index (χ1n) is 2.95. The second-order valence-electron chi connectivity index (χ2n) is 1.79. The van der Waals surface area contributed by atoms with E-state index in [2.05, 4.69) is 22.6 Å². The molecule has 10 heavy (non-hydrogen) atoms. The fourth-order valence-corrected chi connectivity index (χ4v) is 1.29. The molecule has 1 rings (SSSR count). The van der Waals surface area contributed by atoms with Crippen molar-refractivity contribution < 1.29 is 8.83 Å². The maximum absolute atomic E-state index is 10.5. The molecule has 4 heteroatoms. The molecule has 0 aliphatic rings. The molecular formula is C6H7IO3. The molecule has 1 aromatic heterocycles. The zero-order valence-electron chi connectivity index (χ0n) is 5.52. The molecule has 0 spiro atoms. The highest BCUT2D eigenvalue weighted by molar-refractivity contribution is 14.1. The fraction of sp³-hybridized carbons (Fsp3) is 0.500. The monoisotopic (exact) mass is 254 g/mol. The third-order valence-corrected chi connectivity index (χ3v) is 1.86. The van der Waals surface area contributed by atoms with Crippen LogP contribution < -0.4 is 5.82 Å². The van der Waals surface area contributed by atoms with Gasteiger partial charge in [-0.2, -0.15) is 0 Å². The van der Waals surface area contributed by atoms with Gasteiger partial charge in [-0.15, -0.1) is 0 Å². The molecule has 0 unspecified atom stereocenters. The summed E-state index contributed by atoms with van der Waals surface area (Å²) >= 11 is 2.12. The van der Waals surface area contributed by atoms with Gasteiger partial charge in [0.15, 0.2) is 11.5 Å². The Hall–Kier alpha value is -0.260. The van der Waals surface area contributed by atoms with Crippen molar-refractivity contribution in [2.45, 2.75) is 17.8 Å². The molecule has 0 saturated carbocycles. The average Bonchev–Trinajstić information content (AvgIpc) is 2.30. The fourth-order valence-electron chi connectivity index (χ4n) is 0.707. The minimum atomic E-state index is -0.594. The van der Waals surface area contributed by atoms with Gasteiger partial charge in [-0.05, 0) is 0 Å². The molecule has 3 nitrogen and oxygen atoms in total. The van der Waals surface area contributed by atoms with Crippen molar-refractivity contribution >= 4 is 22.6 Å². The molecule has 56 valence electrons.